The maximum absolute atomic E-state index is 12.0. The molecular formula is C13H24N2O2. The highest BCUT2D eigenvalue weighted by molar-refractivity contribution is 5.79. The number of carbonyl (C=O) groups is 1. The van der Waals surface area contributed by atoms with Gasteiger partial charge in [-0.15, -0.1) is 0 Å². The van der Waals surface area contributed by atoms with Gasteiger partial charge in [-0.3, -0.25) is 4.79 Å². The van der Waals surface area contributed by atoms with Gasteiger partial charge < -0.3 is 15.8 Å². The molecule has 4 nitrogen and oxygen atoms in total. The van der Waals surface area contributed by atoms with Crippen molar-refractivity contribution in [3.8, 4) is 0 Å². The Morgan fingerprint density at radius 2 is 2.12 bits per heavy atom. The number of ether oxygens (including phenoxy) is 1. The van der Waals surface area contributed by atoms with Crippen LogP contribution in [0.3, 0.4) is 0 Å². The van der Waals surface area contributed by atoms with Gasteiger partial charge in [0, 0.05) is 35.9 Å². The highest BCUT2D eigenvalue weighted by Crippen LogP contribution is 2.52. The molecule has 1 heterocycles. The number of rotatable bonds is 3. The largest absolute Gasteiger partial charge is 0.377 e. The summed E-state index contributed by atoms with van der Waals surface area (Å²) in [5, 5.41) is 3.16. The fourth-order valence-electron chi connectivity index (χ4n) is 3.14. The molecule has 2 aliphatic rings. The van der Waals surface area contributed by atoms with Gasteiger partial charge in [0.05, 0.1) is 6.10 Å². The summed E-state index contributed by atoms with van der Waals surface area (Å²) in [7, 11) is 0. The first-order valence-electron chi connectivity index (χ1n) is 6.53. The first-order chi connectivity index (χ1) is 7.85. The lowest BCUT2D eigenvalue weighted by Crippen LogP contribution is -2.67. The van der Waals surface area contributed by atoms with Crippen molar-refractivity contribution in [1.82, 2.24) is 5.32 Å². The number of carbonyl (C=O) groups excluding carboxylic acids is 1. The number of nitrogens with one attached hydrogen (secondary N) is 1. The Bertz CT molecular complexity index is 315. The molecule has 5 atom stereocenters. The van der Waals surface area contributed by atoms with E-state index in [1.807, 2.05) is 13.8 Å². The van der Waals surface area contributed by atoms with Crippen molar-refractivity contribution in [2.75, 3.05) is 6.61 Å². The summed E-state index contributed by atoms with van der Waals surface area (Å²) in [6.07, 6.45) is 1.38. The predicted molar refractivity (Wildman–Crippen MR) is 66.4 cm³/mol. The summed E-state index contributed by atoms with van der Waals surface area (Å²) in [4.78, 5) is 12.0. The molecule has 0 aromatic heterocycles. The molecular weight excluding hydrogens is 216 g/mol. The SMILES string of the molecule is CC(N)C(C)C(=O)NC1C2CCOC2C1(C)C. The van der Waals surface area contributed by atoms with Crippen molar-refractivity contribution in [2.45, 2.75) is 52.3 Å². The zero-order valence-corrected chi connectivity index (χ0v) is 11.2. The zero-order chi connectivity index (χ0) is 12.8. The number of amides is 1. The highest BCUT2D eigenvalue weighted by Gasteiger charge is 2.59. The first kappa shape index (κ1) is 12.8. The molecule has 98 valence electrons. The topological polar surface area (TPSA) is 64.4 Å². The van der Waals surface area contributed by atoms with Crippen molar-refractivity contribution in [1.29, 1.82) is 0 Å². The molecule has 2 rings (SSSR count). The van der Waals surface area contributed by atoms with E-state index < -0.39 is 0 Å². The van der Waals surface area contributed by atoms with E-state index in [9.17, 15) is 4.79 Å². The Labute approximate surface area is 103 Å². The Hall–Kier alpha value is -0.610. The fraction of sp³-hybridized carbons (Fsp3) is 0.923. The van der Waals surface area contributed by atoms with Crippen LogP contribution in [-0.2, 0) is 9.53 Å². The Balaban J connectivity index is 1.98. The van der Waals surface area contributed by atoms with E-state index in [0.29, 0.717) is 12.0 Å². The van der Waals surface area contributed by atoms with Gasteiger partial charge in [0.1, 0.15) is 0 Å². The minimum absolute atomic E-state index is 0.0500. The van der Waals surface area contributed by atoms with E-state index >= 15 is 0 Å². The van der Waals surface area contributed by atoms with E-state index in [2.05, 4.69) is 19.2 Å². The average Bonchev–Trinajstić information content (AvgIpc) is 2.70. The van der Waals surface area contributed by atoms with Crippen LogP contribution in [0.1, 0.15) is 34.1 Å². The van der Waals surface area contributed by atoms with Gasteiger partial charge in [0.25, 0.3) is 0 Å². The van der Waals surface area contributed by atoms with Crippen LogP contribution < -0.4 is 11.1 Å². The molecule has 0 spiro atoms. The molecule has 5 unspecified atom stereocenters. The van der Waals surface area contributed by atoms with Gasteiger partial charge in [0.2, 0.25) is 5.91 Å². The molecule has 4 heteroatoms. The average molecular weight is 240 g/mol. The van der Waals surface area contributed by atoms with Crippen molar-refractivity contribution in [3.63, 3.8) is 0 Å². The molecule has 1 saturated heterocycles. The standard InChI is InChI=1S/C13H24N2O2/c1-7(8(2)14)12(16)15-10-9-5-6-17-11(9)13(10,3)4/h7-11H,5-6,14H2,1-4H3,(H,15,16). The Morgan fingerprint density at radius 3 is 2.71 bits per heavy atom. The van der Waals surface area contributed by atoms with Gasteiger partial charge in [-0.25, -0.2) is 0 Å². The van der Waals surface area contributed by atoms with Gasteiger partial charge in [0.15, 0.2) is 0 Å². The minimum Gasteiger partial charge on any atom is -0.377 e. The summed E-state index contributed by atoms with van der Waals surface area (Å²) < 4.78 is 5.71. The molecule has 17 heavy (non-hydrogen) atoms. The van der Waals surface area contributed by atoms with Crippen LogP contribution in [0.4, 0.5) is 0 Å². The summed E-state index contributed by atoms with van der Waals surface area (Å²) >= 11 is 0. The molecule has 2 fully saturated rings. The van der Waals surface area contributed by atoms with Gasteiger partial charge >= 0.3 is 0 Å². The first-order valence-corrected chi connectivity index (χ1v) is 6.53. The molecule has 3 N–H and O–H groups in total. The molecule has 0 aromatic rings. The van der Waals surface area contributed by atoms with Crippen LogP contribution >= 0.6 is 0 Å². The van der Waals surface area contributed by atoms with E-state index in [-0.39, 0.29) is 29.3 Å². The smallest absolute Gasteiger partial charge is 0.224 e. The molecule has 0 aromatic carbocycles. The third-order valence-electron chi connectivity index (χ3n) is 4.60. The normalized spacial score (nSPS) is 37.8. The van der Waals surface area contributed by atoms with Crippen LogP contribution in [0.2, 0.25) is 0 Å². The maximum atomic E-state index is 12.0. The van der Waals surface area contributed by atoms with E-state index in [0.717, 1.165) is 13.0 Å². The number of hydrogen-bond donors (Lipinski definition) is 2. The molecule has 1 aliphatic heterocycles. The van der Waals surface area contributed by atoms with E-state index in [1.54, 1.807) is 0 Å². The Kier molecular flexibility index (Phi) is 3.21. The number of hydrogen-bond acceptors (Lipinski definition) is 3. The van der Waals surface area contributed by atoms with Crippen LogP contribution in [0.5, 0.6) is 0 Å². The van der Waals surface area contributed by atoms with Crippen molar-refractivity contribution >= 4 is 5.91 Å². The highest BCUT2D eigenvalue weighted by atomic mass is 16.5. The third-order valence-corrected chi connectivity index (χ3v) is 4.60. The maximum Gasteiger partial charge on any atom is 0.224 e. The van der Waals surface area contributed by atoms with Crippen LogP contribution in [-0.4, -0.2) is 30.7 Å². The van der Waals surface area contributed by atoms with Crippen molar-refractivity contribution in [3.05, 3.63) is 0 Å². The minimum atomic E-state index is -0.132. The monoisotopic (exact) mass is 240 g/mol. The fourth-order valence-corrected chi connectivity index (χ4v) is 3.14. The Morgan fingerprint density at radius 1 is 1.47 bits per heavy atom. The summed E-state index contributed by atoms with van der Waals surface area (Å²) in [6.45, 7) is 8.92. The quantitative estimate of drug-likeness (QED) is 0.770. The van der Waals surface area contributed by atoms with Crippen molar-refractivity contribution < 1.29 is 9.53 Å². The molecule has 1 amide bonds. The van der Waals surface area contributed by atoms with E-state index in [4.69, 9.17) is 10.5 Å². The zero-order valence-electron chi connectivity index (χ0n) is 11.2. The molecule has 0 bridgehead atoms. The van der Waals surface area contributed by atoms with Crippen molar-refractivity contribution in [2.24, 2.45) is 23.0 Å². The molecule has 1 aliphatic carbocycles. The second kappa shape index (κ2) is 4.25. The lowest BCUT2D eigenvalue weighted by molar-refractivity contribution is -0.141. The number of fused-ring (bicyclic) bond motifs is 1. The van der Waals surface area contributed by atoms with Crippen LogP contribution in [0, 0.1) is 17.3 Å². The van der Waals surface area contributed by atoms with Gasteiger partial charge in [-0.2, -0.15) is 0 Å². The predicted octanol–water partition coefficient (Wildman–Crippen LogP) is 0.899. The second-order valence-corrected chi connectivity index (χ2v) is 6.20. The van der Waals surface area contributed by atoms with Crippen LogP contribution in [0.15, 0.2) is 0 Å². The summed E-state index contributed by atoms with van der Waals surface area (Å²) in [5.41, 5.74) is 5.81. The lowest BCUT2D eigenvalue weighted by atomic mass is 9.57. The van der Waals surface area contributed by atoms with E-state index in [1.165, 1.54) is 0 Å². The molecule has 1 saturated carbocycles. The van der Waals surface area contributed by atoms with Gasteiger partial charge in [-0.05, 0) is 13.3 Å². The second-order valence-electron chi connectivity index (χ2n) is 6.20. The van der Waals surface area contributed by atoms with Gasteiger partial charge in [-0.1, -0.05) is 20.8 Å². The third kappa shape index (κ3) is 1.97. The molecule has 0 radical (unpaired) electrons. The van der Waals surface area contributed by atoms with Crippen LogP contribution in [0.25, 0.3) is 0 Å². The lowest BCUT2D eigenvalue weighted by Gasteiger charge is -2.54. The summed E-state index contributed by atoms with van der Waals surface area (Å²) in [6, 6.07) is 0.137. The number of nitrogens with two attached hydrogens (primary N) is 1. The summed E-state index contributed by atoms with van der Waals surface area (Å²) in [5.74, 6) is 0.435.